The molecule has 0 saturated carbocycles. The van der Waals surface area contributed by atoms with E-state index in [0.717, 1.165) is 18.2 Å². The Morgan fingerprint density at radius 1 is 1.00 bits per heavy atom. The molecule has 2 aromatic carbocycles. The Morgan fingerprint density at radius 3 is 2.41 bits per heavy atom. The molecule has 17 heavy (non-hydrogen) atoms. The molecule has 0 bridgehead atoms. The van der Waals surface area contributed by atoms with Crippen LogP contribution >= 0.6 is 15.9 Å². The van der Waals surface area contributed by atoms with Gasteiger partial charge in [0.05, 0.1) is 5.56 Å². The van der Waals surface area contributed by atoms with Crippen molar-refractivity contribution in [1.82, 2.24) is 0 Å². The summed E-state index contributed by atoms with van der Waals surface area (Å²) >= 11 is 3.20. The van der Waals surface area contributed by atoms with Gasteiger partial charge < -0.3 is 0 Å². The van der Waals surface area contributed by atoms with Crippen LogP contribution < -0.4 is 0 Å². The van der Waals surface area contributed by atoms with Gasteiger partial charge >= 0.3 is 0 Å². The van der Waals surface area contributed by atoms with Gasteiger partial charge in [-0.1, -0.05) is 28.1 Å². The molecule has 2 rings (SSSR count). The number of halogens is 3. The van der Waals surface area contributed by atoms with Crippen LogP contribution in [0.2, 0.25) is 0 Å². The molecule has 0 spiro atoms. The molecule has 0 fully saturated rings. The first-order chi connectivity index (χ1) is 8.09. The van der Waals surface area contributed by atoms with Crippen LogP contribution in [0.3, 0.4) is 0 Å². The van der Waals surface area contributed by atoms with Gasteiger partial charge in [-0.3, -0.25) is 4.79 Å². The number of hydrogen-bond acceptors (Lipinski definition) is 1. The van der Waals surface area contributed by atoms with Gasteiger partial charge in [0.2, 0.25) is 0 Å². The number of carbonyl (C=O) groups is 1. The first-order valence-corrected chi connectivity index (χ1v) is 5.63. The van der Waals surface area contributed by atoms with Crippen molar-refractivity contribution in [2.24, 2.45) is 0 Å². The maximum Gasteiger partial charge on any atom is 0.197 e. The molecule has 0 unspecified atom stereocenters. The third-order valence-electron chi connectivity index (χ3n) is 2.29. The van der Waals surface area contributed by atoms with Crippen LogP contribution in [0.15, 0.2) is 46.9 Å². The Kier molecular flexibility index (Phi) is 3.33. The van der Waals surface area contributed by atoms with Crippen molar-refractivity contribution in [1.29, 1.82) is 0 Å². The Balaban J connectivity index is 2.51. The summed E-state index contributed by atoms with van der Waals surface area (Å²) in [6.45, 7) is 0. The van der Waals surface area contributed by atoms with Gasteiger partial charge in [-0.2, -0.15) is 0 Å². The molecule has 0 atom stereocenters. The molecule has 4 heteroatoms. The van der Waals surface area contributed by atoms with E-state index in [4.69, 9.17) is 0 Å². The molecule has 2 aromatic rings. The molecule has 86 valence electrons. The average Bonchev–Trinajstić information content (AvgIpc) is 2.32. The fourth-order valence-corrected chi connectivity index (χ4v) is 1.93. The zero-order valence-electron chi connectivity index (χ0n) is 8.58. The quantitative estimate of drug-likeness (QED) is 0.767. The van der Waals surface area contributed by atoms with Gasteiger partial charge in [0.25, 0.3) is 0 Å². The van der Waals surface area contributed by atoms with Crippen LogP contribution in [0.5, 0.6) is 0 Å². The van der Waals surface area contributed by atoms with Crippen molar-refractivity contribution in [2.75, 3.05) is 0 Å². The Bertz CT molecular complexity index is 581. The maximum absolute atomic E-state index is 13.4. The monoisotopic (exact) mass is 296 g/mol. The number of carbonyl (C=O) groups excluding carboxylic acids is 1. The summed E-state index contributed by atoms with van der Waals surface area (Å²) in [5.41, 5.74) is 0.0360. The lowest BCUT2D eigenvalue weighted by Gasteiger charge is -2.04. The number of ketones is 1. The zero-order valence-corrected chi connectivity index (χ0v) is 10.2. The van der Waals surface area contributed by atoms with Crippen molar-refractivity contribution in [3.8, 4) is 0 Å². The minimum absolute atomic E-state index is 0.267. The highest BCUT2D eigenvalue weighted by Crippen LogP contribution is 2.21. The lowest BCUT2D eigenvalue weighted by molar-refractivity contribution is 0.103. The van der Waals surface area contributed by atoms with E-state index in [9.17, 15) is 13.6 Å². The molecular formula is C13H7BrF2O. The molecule has 0 amide bonds. The average molecular weight is 297 g/mol. The lowest BCUT2D eigenvalue weighted by atomic mass is 10.0. The summed E-state index contributed by atoms with van der Waals surface area (Å²) in [6.07, 6.45) is 0. The number of hydrogen-bond donors (Lipinski definition) is 0. The van der Waals surface area contributed by atoms with Crippen LogP contribution in [0.1, 0.15) is 15.9 Å². The summed E-state index contributed by atoms with van der Waals surface area (Å²) < 4.78 is 27.0. The van der Waals surface area contributed by atoms with E-state index >= 15 is 0 Å². The van der Waals surface area contributed by atoms with E-state index < -0.39 is 17.4 Å². The fourth-order valence-electron chi connectivity index (χ4n) is 1.46. The highest BCUT2D eigenvalue weighted by atomic mass is 79.9. The van der Waals surface area contributed by atoms with Crippen molar-refractivity contribution >= 4 is 21.7 Å². The highest BCUT2D eigenvalue weighted by molar-refractivity contribution is 9.10. The Labute approximate surface area is 105 Å². The standard InChI is InChI=1S/C13H7BrF2O/c14-11-4-2-1-3-9(11)13(17)10-7-8(15)5-6-12(10)16/h1-7H. The Hall–Kier alpha value is -1.55. The van der Waals surface area contributed by atoms with Crippen molar-refractivity contribution in [2.45, 2.75) is 0 Å². The van der Waals surface area contributed by atoms with Crippen molar-refractivity contribution in [3.63, 3.8) is 0 Å². The fraction of sp³-hybridized carbons (Fsp3) is 0. The van der Waals surface area contributed by atoms with Crippen LogP contribution in [0.25, 0.3) is 0 Å². The van der Waals surface area contributed by atoms with Crippen LogP contribution in [0, 0.1) is 11.6 Å². The molecule has 0 radical (unpaired) electrons. The Morgan fingerprint density at radius 2 is 1.71 bits per heavy atom. The summed E-state index contributed by atoms with van der Waals surface area (Å²) in [7, 11) is 0. The second-order valence-corrected chi connectivity index (χ2v) is 4.29. The molecule has 0 aromatic heterocycles. The SMILES string of the molecule is O=C(c1cc(F)ccc1F)c1ccccc1Br. The van der Waals surface area contributed by atoms with Crippen molar-refractivity contribution < 1.29 is 13.6 Å². The van der Waals surface area contributed by atoms with Crippen LogP contribution in [-0.2, 0) is 0 Å². The molecule has 0 heterocycles. The van der Waals surface area contributed by atoms with E-state index in [2.05, 4.69) is 15.9 Å². The van der Waals surface area contributed by atoms with Gasteiger partial charge in [-0.15, -0.1) is 0 Å². The molecular weight excluding hydrogens is 290 g/mol. The third-order valence-corrected chi connectivity index (χ3v) is 2.98. The van der Waals surface area contributed by atoms with E-state index in [-0.39, 0.29) is 5.56 Å². The first kappa shape index (κ1) is 11.9. The summed E-state index contributed by atoms with van der Waals surface area (Å²) in [5, 5.41) is 0. The summed E-state index contributed by atoms with van der Waals surface area (Å²) in [5.74, 6) is -1.91. The summed E-state index contributed by atoms with van der Waals surface area (Å²) in [4.78, 5) is 12.0. The second-order valence-electron chi connectivity index (χ2n) is 3.43. The largest absolute Gasteiger partial charge is 0.288 e. The number of benzene rings is 2. The van der Waals surface area contributed by atoms with E-state index in [0.29, 0.717) is 10.0 Å². The van der Waals surface area contributed by atoms with E-state index in [1.54, 1.807) is 24.3 Å². The van der Waals surface area contributed by atoms with Gasteiger partial charge in [0.1, 0.15) is 11.6 Å². The highest BCUT2D eigenvalue weighted by Gasteiger charge is 2.16. The molecule has 0 saturated heterocycles. The zero-order chi connectivity index (χ0) is 12.4. The van der Waals surface area contributed by atoms with Crippen molar-refractivity contribution in [3.05, 3.63) is 69.7 Å². The third kappa shape index (κ3) is 2.42. The molecule has 1 nitrogen and oxygen atoms in total. The first-order valence-electron chi connectivity index (χ1n) is 4.84. The van der Waals surface area contributed by atoms with Gasteiger partial charge in [-0.05, 0) is 30.3 Å². The molecule has 0 aliphatic rings. The molecule has 0 aliphatic heterocycles. The smallest absolute Gasteiger partial charge is 0.197 e. The van der Waals surface area contributed by atoms with Crippen LogP contribution in [0.4, 0.5) is 8.78 Å². The van der Waals surface area contributed by atoms with Gasteiger partial charge in [0, 0.05) is 10.0 Å². The number of rotatable bonds is 2. The predicted octanol–water partition coefficient (Wildman–Crippen LogP) is 3.96. The maximum atomic E-state index is 13.4. The van der Waals surface area contributed by atoms with Gasteiger partial charge in [0.15, 0.2) is 5.78 Å². The molecule has 0 N–H and O–H groups in total. The molecule has 0 aliphatic carbocycles. The van der Waals surface area contributed by atoms with Crippen LogP contribution in [-0.4, -0.2) is 5.78 Å². The summed E-state index contributed by atoms with van der Waals surface area (Å²) in [6, 6.07) is 9.45. The van der Waals surface area contributed by atoms with Gasteiger partial charge in [-0.25, -0.2) is 8.78 Å². The topological polar surface area (TPSA) is 17.1 Å². The second kappa shape index (κ2) is 4.75. The van der Waals surface area contributed by atoms with E-state index in [1.807, 2.05) is 0 Å². The minimum atomic E-state index is -0.729. The van der Waals surface area contributed by atoms with E-state index in [1.165, 1.54) is 0 Å². The normalized spacial score (nSPS) is 10.3. The predicted molar refractivity (Wildman–Crippen MR) is 63.9 cm³/mol. The minimum Gasteiger partial charge on any atom is -0.288 e. The lowest BCUT2D eigenvalue weighted by Crippen LogP contribution is -2.05.